The summed E-state index contributed by atoms with van der Waals surface area (Å²) >= 11 is 0. The van der Waals surface area contributed by atoms with Gasteiger partial charge in [-0.25, -0.2) is 9.78 Å². The highest BCUT2D eigenvalue weighted by atomic mass is 28.4. The molecule has 0 bridgehead atoms. The maximum Gasteiger partial charge on any atom is 0.413 e. The summed E-state index contributed by atoms with van der Waals surface area (Å²) in [5, 5.41) is 22.8. The van der Waals surface area contributed by atoms with Crippen molar-refractivity contribution >= 4 is 47.6 Å². The number of rotatable bonds is 14. The van der Waals surface area contributed by atoms with Crippen LogP contribution >= 0.6 is 0 Å². The van der Waals surface area contributed by atoms with Crippen LogP contribution in [0, 0.1) is 11.3 Å². The van der Waals surface area contributed by atoms with Crippen LogP contribution in [0.1, 0.15) is 58.1 Å². The molecule has 5 aromatic rings. The van der Waals surface area contributed by atoms with Gasteiger partial charge in [-0.3, -0.25) is 10.00 Å². The molecule has 1 atom stereocenters. The number of ether oxygens (including phenoxy) is 2. The lowest BCUT2D eigenvalue weighted by Crippen LogP contribution is -2.66. The lowest BCUT2D eigenvalue weighted by molar-refractivity contribution is 0.186. The quantitative estimate of drug-likeness (QED) is 0.125. The number of benzene rings is 3. The fourth-order valence-corrected chi connectivity index (χ4v) is 11.1. The molecule has 0 saturated carbocycles. The van der Waals surface area contributed by atoms with Crippen LogP contribution in [0.15, 0.2) is 85.1 Å². The van der Waals surface area contributed by atoms with E-state index in [0.717, 1.165) is 18.4 Å². The standard InChI is InChI=1S/C38H45N7O4Si/c1-7-14-29(21-22-49-50(38(2,3)4,30-15-10-8-11-16-30)31-17-12-9-13-18-31)41-35-34-32(42-36(43-35)44-37(46)48-6)25-40-45(34)26-28-23-27(24-39)19-20-33(28)47-5/h8-13,15-20,23,25,29H,7,14,21-22,26H2,1-6H3,(H2,41,42,43,44,46)/t29-/m0/s1. The van der Waals surface area contributed by atoms with Gasteiger partial charge in [0.1, 0.15) is 16.8 Å². The van der Waals surface area contributed by atoms with E-state index in [1.54, 1.807) is 36.2 Å². The monoisotopic (exact) mass is 691 g/mol. The zero-order valence-electron chi connectivity index (χ0n) is 29.6. The van der Waals surface area contributed by atoms with E-state index >= 15 is 0 Å². The molecule has 2 heterocycles. The Bertz CT molecular complexity index is 1900. The number of nitrogens with one attached hydrogen (secondary N) is 2. The van der Waals surface area contributed by atoms with Gasteiger partial charge in [0.25, 0.3) is 8.32 Å². The summed E-state index contributed by atoms with van der Waals surface area (Å²) < 4.78 is 19.4. The number of carbonyl (C=O) groups excluding carboxylic acids is 1. The maximum absolute atomic E-state index is 12.2. The average molecular weight is 692 g/mol. The molecule has 2 aromatic heterocycles. The molecule has 3 aromatic carbocycles. The van der Waals surface area contributed by atoms with Crippen molar-refractivity contribution in [1.29, 1.82) is 5.26 Å². The second-order valence-electron chi connectivity index (χ2n) is 13.1. The van der Waals surface area contributed by atoms with Gasteiger partial charge in [-0.1, -0.05) is 94.8 Å². The van der Waals surface area contributed by atoms with Crippen LogP contribution in [-0.2, 0) is 15.7 Å². The van der Waals surface area contributed by atoms with Crippen molar-refractivity contribution in [2.75, 3.05) is 31.5 Å². The molecule has 260 valence electrons. The second-order valence-corrected chi connectivity index (χ2v) is 17.4. The lowest BCUT2D eigenvalue weighted by Gasteiger charge is -2.43. The topological polar surface area (TPSA) is 136 Å². The van der Waals surface area contributed by atoms with Crippen LogP contribution in [0.25, 0.3) is 11.0 Å². The molecule has 2 N–H and O–H groups in total. The van der Waals surface area contributed by atoms with Gasteiger partial charge < -0.3 is 19.2 Å². The summed E-state index contributed by atoms with van der Waals surface area (Å²) in [4.78, 5) is 21.5. The fourth-order valence-electron chi connectivity index (χ4n) is 6.50. The van der Waals surface area contributed by atoms with Crippen LogP contribution in [0.4, 0.5) is 16.6 Å². The SMILES string of the molecule is CCC[C@@H](CCO[Si](c1ccccc1)(c1ccccc1)C(C)(C)C)Nc1nc(NC(=O)OC)nc2cnn(Cc3cc(C#N)ccc3OC)c12. The Morgan fingerprint density at radius 1 is 0.980 bits per heavy atom. The Morgan fingerprint density at radius 3 is 2.24 bits per heavy atom. The van der Waals surface area contributed by atoms with E-state index in [0.29, 0.717) is 47.7 Å². The second kappa shape index (κ2) is 16.0. The summed E-state index contributed by atoms with van der Waals surface area (Å²) in [5.41, 5.74) is 2.48. The van der Waals surface area contributed by atoms with Gasteiger partial charge in [-0.2, -0.15) is 15.3 Å². The Kier molecular flexibility index (Phi) is 11.5. The number of methoxy groups -OCH3 is 2. The minimum absolute atomic E-state index is 0.0258. The molecule has 0 aliphatic carbocycles. The number of aromatic nitrogens is 4. The molecule has 0 radical (unpaired) electrons. The Morgan fingerprint density at radius 2 is 1.66 bits per heavy atom. The molecule has 11 nitrogen and oxygen atoms in total. The molecule has 1 amide bonds. The third-order valence-corrected chi connectivity index (χ3v) is 13.8. The summed E-state index contributed by atoms with van der Waals surface area (Å²) in [6.45, 7) is 9.80. The van der Waals surface area contributed by atoms with Crippen molar-refractivity contribution in [2.45, 2.75) is 64.6 Å². The average Bonchev–Trinajstić information content (AvgIpc) is 3.52. The normalized spacial score (nSPS) is 12.3. The molecular formula is C38H45N7O4Si. The van der Waals surface area contributed by atoms with Crippen molar-refractivity contribution in [3.8, 4) is 11.8 Å². The first kappa shape index (κ1) is 36.0. The highest BCUT2D eigenvalue weighted by Gasteiger charge is 2.50. The van der Waals surface area contributed by atoms with Crippen molar-refractivity contribution < 1.29 is 18.7 Å². The number of hydrogen-bond acceptors (Lipinski definition) is 9. The van der Waals surface area contributed by atoms with Gasteiger partial charge in [-0.15, -0.1) is 0 Å². The molecule has 0 spiro atoms. The van der Waals surface area contributed by atoms with E-state index in [1.165, 1.54) is 17.5 Å². The first-order valence-electron chi connectivity index (χ1n) is 16.8. The minimum atomic E-state index is -2.73. The zero-order valence-corrected chi connectivity index (χ0v) is 30.6. The molecule has 5 rings (SSSR count). The van der Waals surface area contributed by atoms with E-state index < -0.39 is 14.4 Å². The fraction of sp³-hybridized carbons (Fsp3) is 0.342. The third-order valence-electron chi connectivity index (χ3n) is 8.80. The van der Waals surface area contributed by atoms with E-state index in [1.807, 2.05) is 12.1 Å². The molecule has 12 heteroatoms. The van der Waals surface area contributed by atoms with E-state index in [2.05, 4.69) is 103 Å². The van der Waals surface area contributed by atoms with Crippen LogP contribution < -0.4 is 25.7 Å². The summed E-state index contributed by atoms with van der Waals surface area (Å²) in [5.74, 6) is 1.24. The first-order valence-corrected chi connectivity index (χ1v) is 18.7. The highest BCUT2D eigenvalue weighted by molar-refractivity contribution is 6.99. The van der Waals surface area contributed by atoms with E-state index in [9.17, 15) is 10.1 Å². The van der Waals surface area contributed by atoms with Gasteiger partial charge in [0.05, 0.1) is 38.6 Å². The van der Waals surface area contributed by atoms with Gasteiger partial charge in [0, 0.05) is 18.2 Å². The van der Waals surface area contributed by atoms with E-state index in [4.69, 9.17) is 18.9 Å². The van der Waals surface area contributed by atoms with Crippen molar-refractivity contribution in [3.05, 3.63) is 96.2 Å². The van der Waals surface area contributed by atoms with Gasteiger partial charge in [0.2, 0.25) is 5.95 Å². The zero-order chi connectivity index (χ0) is 35.7. The Balaban J connectivity index is 1.50. The van der Waals surface area contributed by atoms with Crippen LogP contribution in [-0.4, -0.2) is 61.0 Å². The van der Waals surface area contributed by atoms with Gasteiger partial charge in [0.15, 0.2) is 5.82 Å². The molecule has 0 fully saturated rings. The first-order chi connectivity index (χ1) is 24.1. The van der Waals surface area contributed by atoms with Crippen LogP contribution in [0.5, 0.6) is 5.75 Å². The predicted octanol–water partition coefficient (Wildman–Crippen LogP) is 6.48. The van der Waals surface area contributed by atoms with Gasteiger partial charge in [-0.05, 0) is 46.5 Å². The summed E-state index contributed by atoms with van der Waals surface area (Å²) in [7, 11) is 0.154. The number of fused-ring (bicyclic) bond motifs is 1. The van der Waals surface area contributed by atoms with Crippen LogP contribution in [0.3, 0.4) is 0 Å². The lowest BCUT2D eigenvalue weighted by atomic mass is 10.1. The number of anilines is 2. The van der Waals surface area contributed by atoms with Crippen molar-refractivity contribution in [3.63, 3.8) is 0 Å². The molecule has 0 aliphatic rings. The Hall–Kier alpha value is -5.25. The highest BCUT2D eigenvalue weighted by Crippen LogP contribution is 2.37. The Labute approximate surface area is 294 Å². The number of amides is 1. The number of nitrogens with zero attached hydrogens (tertiary/aromatic N) is 5. The minimum Gasteiger partial charge on any atom is -0.496 e. The number of nitriles is 1. The smallest absolute Gasteiger partial charge is 0.413 e. The largest absolute Gasteiger partial charge is 0.496 e. The number of hydrogen-bond donors (Lipinski definition) is 2. The van der Waals surface area contributed by atoms with Crippen LogP contribution in [0.2, 0.25) is 5.04 Å². The predicted molar refractivity (Wildman–Crippen MR) is 199 cm³/mol. The molecule has 0 unspecified atom stereocenters. The number of carbonyl (C=O) groups is 1. The maximum atomic E-state index is 12.2. The van der Waals surface area contributed by atoms with Crippen molar-refractivity contribution in [2.24, 2.45) is 0 Å². The van der Waals surface area contributed by atoms with E-state index in [-0.39, 0.29) is 17.0 Å². The van der Waals surface area contributed by atoms with Gasteiger partial charge >= 0.3 is 6.09 Å². The summed E-state index contributed by atoms with van der Waals surface area (Å²) in [6, 6.07) is 28.7. The molecule has 0 aliphatic heterocycles. The molecule has 0 saturated heterocycles. The van der Waals surface area contributed by atoms with Crippen molar-refractivity contribution in [1.82, 2.24) is 19.7 Å². The third kappa shape index (κ3) is 7.80. The molecule has 50 heavy (non-hydrogen) atoms. The summed E-state index contributed by atoms with van der Waals surface area (Å²) in [6.07, 6.45) is 3.43. The molecular weight excluding hydrogens is 647 g/mol.